The molecule has 27 heavy (non-hydrogen) atoms. The van der Waals surface area contributed by atoms with E-state index >= 15 is 0 Å². The average Bonchev–Trinajstić information content (AvgIpc) is 2.66. The molecular formula is C20H23N3O4. The third kappa shape index (κ3) is 6.47. The maximum absolute atomic E-state index is 11.6. The number of amides is 2. The van der Waals surface area contributed by atoms with Gasteiger partial charge in [-0.05, 0) is 43.2 Å². The number of rotatable bonds is 7. The van der Waals surface area contributed by atoms with Gasteiger partial charge in [-0.25, -0.2) is 5.43 Å². The summed E-state index contributed by atoms with van der Waals surface area (Å²) in [6, 6.07) is 14.9. The molecular weight excluding hydrogens is 346 g/mol. The van der Waals surface area contributed by atoms with Crippen LogP contribution in [0, 0.1) is 0 Å². The van der Waals surface area contributed by atoms with Crippen LogP contribution in [0.3, 0.4) is 0 Å². The van der Waals surface area contributed by atoms with Crippen molar-refractivity contribution >= 4 is 18.0 Å². The number of hydrogen-bond acceptors (Lipinski definition) is 5. The Labute approximate surface area is 158 Å². The number of benzene rings is 2. The summed E-state index contributed by atoms with van der Waals surface area (Å²) in [5, 5.41) is 6.27. The second-order valence-electron chi connectivity index (χ2n) is 6.01. The topological polar surface area (TPSA) is 89.0 Å². The summed E-state index contributed by atoms with van der Waals surface area (Å²) < 4.78 is 11.1. The molecule has 2 rings (SSSR count). The maximum atomic E-state index is 11.6. The molecule has 0 spiro atoms. The molecule has 0 heterocycles. The standard InChI is InChI=1S/C20H23N3O4/c1-14(2)22-19(24)20(25)23-21-12-16-9-10-17(18(11-16)26-3)27-13-15-7-5-4-6-8-15/h4-12,14H,13H2,1-3H3,(H,22,24)(H,23,25)/b21-12-. The summed E-state index contributed by atoms with van der Waals surface area (Å²) >= 11 is 0. The Morgan fingerprint density at radius 1 is 1.07 bits per heavy atom. The SMILES string of the molecule is COc1cc(/C=N\NC(=O)C(=O)NC(C)C)ccc1OCc1ccccc1. The van der Waals surface area contributed by atoms with Crippen molar-refractivity contribution in [3.8, 4) is 11.5 Å². The number of methoxy groups -OCH3 is 1. The van der Waals surface area contributed by atoms with Crippen LogP contribution in [0.25, 0.3) is 0 Å². The molecule has 7 heteroatoms. The fourth-order valence-electron chi connectivity index (χ4n) is 2.16. The first kappa shape index (κ1) is 20.0. The monoisotopic (exact) mass is 369 g/mol. The highest BCUT2D eigenvalue weighted by Crippen LogP contribution is 2.28. The van der Waals surface area contributed by atoms with E-state index in [9.17, 15) is 9.59 Å². The Hall–Kier alpha value is -3.35. The van der Waals surface area contributed by atoms with Crippen molar-refractivity contribution in [2.45, 2.75) is 26.5 Å². The van der Waals surface area contributed by atoms with Crippen molar-refractivity contribution < 1.29 is 19.1 Å². The minimum absolute atomic E-state index is 0.125. The highest BCUT2D eigenvalue weighted by atomic mass is 16.5. The van der Waals surface area contributed by atoms with E-state index in [1.165, 1.54) is 6.21 Å². The van der Waals surface area contributed by atoms with Crippen LogP contribution in [0.5, 0.6) is 11.5 Å². The van der Waals surface area contributed by atoms with Gasteiger partial charge >= 0.3 is 11.8 Å². The van der Waals surface area contributed by atoms with Gasteiger partial charge in [0.1, 0.15) is 6.61 Å². The van der Waals surface area contributed by atoms with E-state index in [4.69, 9.17) is 9.47 Å². The first-order valence-electron chi connectivity index (χ1n) is 8.48. The lowest BCUT2D eigenvalue weighted by molar-refractivity contribution is -0.139. The summed E-state index contributed by atoms with van der Waals surface area (Å²) in [4.78, 5) is 23.1. The molecule has 2 amide bonds. The second kappa shape index (κ2) is 9.96. The second-order valence-corrected chi connectivity index (χ2v) is 6.01. The minimum Gasteiger partial charge on any atom is -0.493 e. The van der Waals surface area contributed by atoms with E-state index in [2.05, 4.69) is 15.8 Å². The summed E-state index contributed by atoms with van der Waals surface area (Å²) in [5.74, 6) is -0.420. The quantitative estimate of drug-likeness (QED) is 0.445. The maximum Gasteiger partial charge on any atom is 0.329 e. The van der Waals surface area contributed by atoms with Crippen LogP contribution in [-0.4, -0.2) is 31.2 Å². The van der Waals surface area contributed by atoms with Crippen molar-refractivity contribution in [1.82, 2.24) is 10.7 Å². The van der Waals surface area contributed by atoms with E-state index in [0.717, 1.165) is 5.56 Å². The van der Waals surface area contributed by atoms with Crippen LogP contribution >= 0.6 is 0 Å². The van der Waals surface area contributed by atoms with Crippen molar-refractivity contribution in [3.05, 3.63) is 59.7 Å². The van der Waals surface area contributed by atoms with Crippen LogP contribution in [0.1, 0.15) is 25.0 Å². The zero-order chi connectivity index (χ0) is 19.6. The Balaban J connectivity index is 1.96. The first-order valence-corrected chi connectivity index (χ1v) is 8.48. The van der Waals surface area contributed by atoms with Crippen molar-refractivity contribution in [2.24, 2.45) is 5.10 Å². The molecule has 0 fully saturated rings. The molecule has 0 atom stereocenters. The molecule has 0 saturated heterocycles. The Kier molecular flexibility index (Phi) is 7.37. The fraction of sp³-hybridized carbons (Fsp3) is 0.250. The zero-order valence-corrected chi connectivity index (χ0v) is 15.6. The predicted octanol–water partition coefficient (Wildman–Crippen LogP) is 2.25. The number of nitrogens with zero attached hydrogens (tertiary/aromatic N) is 1. The average molecular weight is 369 g/mol. The molecule has 2 N–H and O–H groups in total. The molecule has 0 bridgehead atoms. The number of hydrogen-bond donors (Lipinski definition) is 2. The predicted molar refractivity (Wildman–Crippen MR) is 103 cm³/mol. The molecule has 0 radical (unpaired) electrons. The molecule has 0 aromatic heterocycles. The first-order chi connectivity index (χ1) is 13.0. The van der Waals surface area contributed by atoms with Crippen LogP contribution in [0.2, 0.25) is 0 Å². The van der Waals surface area contributed by atoms with Gasteiger partial charge in [-0.2, -0.15) is 5.10 Å². The van der Waals surface area contributed by atoms with Gasteiger partial charge in [0.05, 0.1) is 13.3 Å². The lowest BCUT2D eigenvalue weighted by Gasteiger charge is -2.11. The van der Waals surface area contributed by atoms with Gasteiger partial charge in [0.15, 0.2) is 11.5 Å². The summed E-state index contributed by atoms with van der Waals surface area (Å²) in [6.07, 6.45) is 1.42. The van der Waals surface area contributed by atoms with Gasteiger partial charge in [0, 0.05) is 6.04 Å². The number of carbonyl (C=O) groups is 2. The molecule has 2 aromatic carbocycles. The highest BCUT2D eigenvalue weighted by Gasteiger charge is 2.13. The fourth-order valence-corrected chi connectivity index (χ4v) is 2.16. The van der Waals surface area contributed by atoms with E-state index in [-0.39, 0.29) is 6.04 Å². The van der Waals surface area contributed by atoms with Gasteiger partial charge in [0.2, 0.25) is 0 Å². The van der Waals surface area contributed by atoms with E-state index < -0.39 is 11.8 Å². The van der Waals surface area contributed by atoms with Crippen LogP contribution in [-0.2, 0) is 16.2 Å². The van der Waals surface area contributed by atoms with Gasteiger partial charge in [-0.1, -0.05) is 30.3 Å². The van der Waals surface area contributed by atoms with E-state index in [1.54, 1.807) is 39.2 Å². The molecule has 0 aliphatic heterocycles. The third-order valence-electron chi connectivity index (χ3n) is 3.43. The number of nitrogens with one attached hydrogen (secondary N) is 2. The van der Waals surface area contributed by atoms with E-state index in [0.29, 0.717) is 23.7 Å². The third-order valence-corrected chi connectivity index (χ3v) is 3.43. The Bertz CT molecular complexity index is 804. The van der Waals surface area contributed by atoms with Crippen molar-refractivity contribution in [3.63, 3.8) is 0 Å². The largest absolute Gasteiger partial charge is 0.493 e. The van der Waals surface area contributed by atoms with Crippen LogP contribution < -0.4 is 20.2 Å². The molecule has 0 aliphatic carbocycles. The van der Waals surface area contributed by atoms with Gasteiger partial charge in [0.25, 0.3) is 0 Å². The van der Waals surface area contributed by atoms with Gasteiger partial charge < -0.3 is 14.8 Å². The minimum atomic E-state index is -0.824. The number of hydrazone groups is 1. The Morgan fingerprint density at radius 3 is 2.48 bits per heavy atom. The van der Waals surface area contributed by atoms with Crippen LogP contribution in [0.4, 0.5) is 0 Å². The van der Waals surface area contributed by atoms with E-state index in [1.807, 2.05) is 30.3 Å². The number of carbonyl (C=O) groups excluding carboxylic acids is 2. The summed E-state index contributed by atoms with van der Waals surface area (Å²) in [6.45, 7) is 3.95. The summed E-state index contributed by atoms with van der Waals surface area (Å²) in [7, 11) is 1.55. The molecule has 0 saturated carbocycles. The van der Waals surface area contributed by atoms with Crippen molar-refractivity contribution in [2.75, 3.05) is 7.11 Å². The Morgan fingerprint density at radius 2 is 1.81 bits per heavy atom. The molecule has 142 valence electrons. The molecule has 0 aliphatic rings. The van der Waals surface area contributed by atoms with Gasteiger partial charge in [-0.15, -0.1) is 0 Å². The van der Waals surface area contributed by atoms with Crippen molar-refractivity contribution in [1.29, 1.82) is 0 Å². The molecule has 0 unspecified atom stereocenters. The normalized spacial score (nSPS) is 10.7. The smallest absolute Gasteiger partial charge is 0.329 e. The van der Waals surface area contributed by atoms with Gasteiger partial charge in [-0.3, -0.25) is 9.59 Å². The zero-order valence-electron chi connectivity index (χ0n) is 15.6. The summed E-state index contributed by atoms with van der Waals surface area (Å²) in [5.41, 5.74) is 3.91. The lowest BCUT2D eigenvalue weighted by Crippen LogP contribution is -2.41. The molecule has 7 nitrogen and oxygen atoms in total. The highest BCUT2D eigenvalue weighted by molar-refractivity contribution is 6.35. The lowest BCUT2D eigenvalue weighted by atomic mass is 10.2. The van der Waals surface area contributed by atoms with Crippen LogP contribution in [0.15, 0.2) is 53.6 Å². The molecule has 2 aromatic rings. The number of ether oxygens (including phenoxy) is 2.